The molecule has 0 aliphatic rings. The normalized spacial score (nSPS) is 10.4. The summed E-state index contributed by atoms with van der Waals surface area (Å²) in [6.45, 7) is 0.307. The molecule has 0 aromatic carbocycles. The van der Waals surface area contributed by atoms with E-state index in [0.717, 1.165) is 30.1 Å². The van der Waals surface area contributed by atoms with E-state index in [2.05, 4.69) is 0 Å². The van der Waals surface area contributed by atoms with E-state index in [-0.39, 0.29) is 0 Å². The van der Waals surface area contributed by atoms with Gasteiger partial charge in [0.25, 0.3) is 0 Å². The lowest BCUT2D eigenvalue weighted by molar-refractivity contribution is 0.287. The lowest BCUT2D eigenvalue weighted by Gasteiger charge is -1.97. The predicted molar refractivity (Wildman–Crippen MR) is 51.2 cm³/mol. The van der Waals surface area contributed by atoms with Gasteiger partial charge >= 0.3 is 0 Å². The van der Waals surface area contributed by atoms with Crippen molar-refractivity contribution < 1.29 is 9.52 Å². The Morgan fingerprint density at radius 3 is 3.00 bits per heavy atom. The average Bonchev–Trinajstić information content (AvgIpc) is 2.57. The molecule has 1 heterocycles. The highest BCUT2D eigenvalue weighted by Crippen LogP contribution is 2.13. The lowest BCUT2D eigenvalue weighted by atomic mass is 10.4. The zero-order valence-electron chi connectivity index (χ0n) is 7.03. The summed E-state index contributed by atoms with van der Waals surface area (Å²) < 4.78 is 5.17. The van der Waals surface area contributed by atoms with Crippen LogP contribution >= 0.6 is 11.8 Å². The van der Waals surface area contributed by atoms with Crippen LogP contribution in [0.2, 0.25) is 0 Å². The first kappa shape index (κ1) is 9.68. The number of hydrogen-bond acceptors (Lipinski definition) is 3. The molecule has 0 radical (unpaired) electrons. The van der Waals surface area contributed by atoms with E-state index >= 15 is 0 Å². The van der Waals surface area contributed by atoms with Gasteiger partial charge in [-0.3, -0.25) is 0 Å². The van der Waals surface area contributed by atoms with E-state index in [1.807, 2.05) is 23.9 Å². The fraction of sp³-hybridized carbons (Fsp3) is 0.556. The smallest absolute Gasteiger partial charge is 0.113 e. The van der Waals surface area contributed by atoms with Crippen LogP contribution in [0.25, 0.3) is 0 Å². The van der Waals surface area contributed by atoms with Crippen LogP contribution in [0.5, 0.6) is 0 Å². The van der Waals surface area contributed by atoms with Crippen molar-refractivity contribution in [2.75, 3.05) is 12.4 Å². The Hall–Kier alpha value is -0.410. The maximum atomic E-state index is 8.52. The third kappa shape index (κ3) is 3.83. The van der Waals surface area contributed by atoms with Crippen molar-refractivity contribution in [1.82, 2.24) is 0 Å². The summed E-state index contributed by atoms with van der Waals surface area (Å²) in [7, 11) is 0. The van der Waals surface area contributed by atoms with Crippen molar-refractivity contribution in [3.63, 3.8) is 0 Å². The molecule has 3 heteroatoms. The van der Waals surface area contributed by atoms with Gasteiger partial charge in [-0.1, -0.05) is 0 Å². The third-order valence-corrected chi connectivity index (χ3v) is 2.59. The molecule has 0 saturated heterocycles. The summed E-state index contributed by atoms with van der Waals surface area (Å²) in [5, 5.41) is 8.52. The zero-order valence-corrected chi connectivity index (χ0v) is 7.85. The standard InChI is InChI=1S/C9H14O2S/c10-5-1-2-7-12-8-9-4-3-6-11-9/h3-4,6,10H,1-2,5,7-8H2. The average molecular weight is 186 g/mol. The lowest BCUT2D eigenvalue weighted by Crippen LogP contribution is -1.85. The molecule has 0 unspecified atom stereocenters. The predicted octanol–water partition coefficient (Wildman–Crippen LogP) is 2.29. The Morgan fingerprint density at radius 1 is 1.42 bits per heavy atom. The van der Waals surface area contributed by atoms with Gasteiger partial charge in [-0.15, -0.1) is 0 Å². The van der Waals surface area contributed by atoms with Crippen LogP contribution in [0.3, 0.4) is 0 Å². The minimum absolute atomic E-state index is 0.307. The molecular formula is C9H14O2S. The van der Waals surface area contributed by atoms with Crippen molar-refractivity contribution in [1.29, 1.82) is 0 Å². The first-order chi connectivity index (χ1) is 5.93. The summed E-state index contributed by atoms with van der Waals surface area (Å²) in [5.41, 5.74) is 0. The van der Waals surface area contributed by atoms with Gasteiger partial charge in [0, 0.05) is 6.61 Å². The largest absolute Gasteiger partial charge is 0.468 e. The summed E-state index contributed by atoms with van der Waals surface area (Å²) in [6.07, 6.45) is 3.69. The molecule has 0 amide bonds. The summed E-state index contributed by atoms with van der Waals surface area (Å²) >= 11 is 1.85. The van der Waals surface area contributed by atoms with Gasteiger partial charge in [0.05, 0.1) is 12.0 Å². The number of aliphatic hydroxyl groups is 1. The number of unbranched alkanes of at least 4 members (excludes halogenated alkanes) is 1. The minimum atomic E-state index is 0.307. The first-order valence-corrected chi connectivity index (χ1v) is 5.30. The fourth-order valence-corrected chi connectivity index (χ4v) is 1.80. The molecule has 0 aliphatic heterocycles. The minimum Gasteiger partial charge on any atom is -0.468 e. The fourth-order valence-electron chi connectivity index (χ4n) is 0.883. The quantitative estimate of drug-likeness (QED) is 0.692. The molecule has 2 nitrogen and oxygen atoms in total. The van der Waals surface area contributed by atoms with Gasteiger partial charge < -0.3 is 9.52 Å². The van der Waals surface area contributed by atoms with Crippen LogP contribution in [0.4, 0.5) is 0 Å². The van der Waals surface area contributed by atoms with E-state index in [0.29, 0.717) is 6.61 Å². The van der Waals surface area contributed by atoms with Crippen LogP contribution in [-0.2, 0) is 5.75 Å². The highest BCUT2D eigenvalue weighted by molar-refractivity contribution is 7.98. The van der Waals surface area contributed by atoms with Crippen LogP contribution < -0.4 is 0 Å². The van der Waals surface area contributed by atoms with Crippen LogP contribution in [0.1, 0.15) is 18.6 Å². The molecule has 0 bridgehead atoms. The SMILES string of the molecule is OCCCCSCc1ccco1. The first-order valence-electron chi connectivity index (χ1n) is 4.14. The number of furan rings is 1. The maximum Gasteiger partial charge on any atom is 0.113 e. The molecule has 12 heavy (non-hydrogen) atoms. The number of rotatable bonds is 6. The molecule has 0 saturated carbocycles. The highest BCUT2D eigenvalue weighted by atomic mass is 32.2. The Labute approximate surface area is 77.0 Å². The Balaban J connectivity index is 1.96. The van der Waals surface area contributed by atoms with Gasteiger partial charge in [0.2, 0.25) is 0 Å². The Bertz CT molecular complexity index is 184. The van der Waals surface area contributed by atoms with Crippen molar-refractivity contribution in [3.05, 3.63) is 24.2 Å². The van der Waals surface area contributed by atoms with Crippen molar-refractivity contribution in [2.24, 2.45) is 0 Å². The molecule has 0 aliphatic carbocycles. The molecule has 1 aromatic rings. The van der Waals surface area contributed by atoms with Crippen molar-refractivity contribution in [2.45, 2.75) is 18.6 Å². The Morgan fingerprint density at radius 2 is 2.33 bits per heavy atom. The topological polar surface area (TPSA) is 33.4 Å². The summed E-state index contributed by atoms with van der Waals surface area (Å²) in [5.74, 6) is 3.07. The number of thioether (sulfide) groups is 1. The molecule has 1 rings (SSSR count). The molecule has 68 valence electrons. The molecule has 1 N–H and O–H groups in total. The van der Waals surface area contributed by atoms with Gasteiger partial charge in [0.1, 0.15) is 5.76 Å². The van der Waals surface area contributed by atoms with Gasteiger partial charge in [-0.2, -0.15) is 11.8 Å². The van der Waals surface area contributed by atoms with Gasteiger partial charge in [-0.05, 0) is 30.7 Å². The van der Waals surface area contributed by atoms with Crippen molar-refractivity contribution >= 4 is 11.8 Å². The summed E-state index contributed by atoms with van der Waals surface area (Å²) in [6, 6.07) is 3.89. The van der Waals surface area contributed by atoms with Gasteiger partial charge in [-0.25, -0.2) is 0 Å². The van der Waals surface area contributed by atoms with Crippen molar-refractivity contribution in [3.8, 4) is 0 Å². The second-order valence-electron chi connectivity index (χ2n) is 2.56. The summed E-state index contributed by atoms with van der Waals surface area (Å²) in [4.78, 5) is 0. The molecule has 0 atom stereocenters. The molecule has 0 spiro atoms. The van der Waals surface area contributed by atoms with E-state index < -0.39 is 0 Å². The van der Waals surface area contributed by atoms with E-state index in [1.54, 1.807) is 6.26 Å². The number of hydrogen-bond donors (Lipinski definition) is 1. The van der Waals surface area contributed by atoms with E-state index in [4.69, 9.17) is 9.52 Å². The van der Waals surface area contributed by atoms with Gasteiger partial charge in [0.15, 0.2) is 0 Å². The second-order valence-corrected chi connectivity index (χ2v) is 3.67. The third-order valence-electron chi connectivity index (χ3n) is 1.52. The monoisotopic (exact) mass is 186 g/mol. The number of aliphatic hydroxyl groups excluding tert-OH is 1. The van der Waals surface area contributed by atoms with Crippen LogP contribution in [0.15, 0.2) is 22.8 Å². The van der Waals surface area contributed by atoms with E-state index in [9.17, 15) is 0 Å². The zero-order chi connectivity index (χ0) is 8.65. The Kier molecular flexibility index (Phi) is 4.95. The van der Waals surface area contributed by atoms with E-state index in [1.165, 1.54) is 0 Å². The molecule has 0 fully saturated rings. The van der Waals surface area contributed by atoms with Crippen LogP contribution in [-0.4, -0.2) is 17.5 Å². The molecular weight excluding hydrogens is 172 g/mol. The second kappa shape index (κ2) is 6.14. The van der Waals surface area contributed by atoms with Crippen LogP contribution in [0, 0.1) is 0 Å². The highest BCUT2D eigenvalue weighted by Gasteiger charge is 1.94. The maximum absolute atomic E-state index is 8.52. The molecule has 1 aromatic heterocycles.